The SMILES string of the molecule is CSc1ccc([C@@H](CCO)c2ccc(F)cc2)cc1. The van der Waals surface area contributed by atoms with Gasteiger partial charge in [-0.2, -0.15) is 0 Å². The number of hydrogen-bond donors (Lipinski definition) is 1. The average Bonchev–Trinajstić information content (AvgIpc) is 2.46. The molecule has 0 aliphatic carbocycles. The summed E-state index contributed by atoms with van der Waals surface area (Å²) < 4.78 is 13.0. The Kier molecular flexibility index (Phi) is 5.00. The van der Waals surface area contributed by atoms with Crippen LogP contribution in [-0.2, 0) is 0 Å². The number of halogens is 1. The van der Waals surface area contributed by atoms with Gasteiger partial charge in [-0.1, -0.05) is 24.3 Å². The maximum Gasteiger partial charge on any atom is 0.123 e. The van der Waals surface area contributed by atoms with E-state index in [2.05, 4.69) is 24.3 Å². The lowest BCUT2D eigenvalue weighted by Gasteiger charge is -2.17. The van der Waals surface area contributed by atoms with Crippen molar-refractivity contribution in [2.75, 3.05) is 12.9 Å². The summed E-state index contributed by atoms with van der Waals surface area (Å²) in [5, 5.41) is 9.24. The Bertz CT molecular complexity index is 507. The molecule has 19 heavy (non-hydrogen) atoms. The molecule has 1 nitrogen and oxygen atoms in total. The van der Waals surface area contributed by atoms with E-state index in [1.807, 2.05) is 6.26 Å². The fourth-order valence-corrected chi connectivity index (χ4v) is 2.59. The van der Waals surface area contributed by atoms with E-state index in [4.69, 9.17) is 0 Å². The Balaban J connectivity index is 2.30. The van der Waals surface area contributed by atoms with Gasteiger partial charge in [-0.3, -0.25) is 0 Å². The molecular formula is C16H17FOS. The molecule has 0 radical (unpaired) electrons. The van der Waals surface area contributed by atoms with E-state index in [0.29, 0.717) is 6.42 Å². The first kappa shape index (κ1) is 14.1. The first-order valence-corrected chi connectivity index (χ1v) is 7.47. The fourth-order valence-electron chi connectivity index (χ4n) is 2.19. The lowest BCUT2D eigenvalue weighted by Crippen LogP contribution is -2.03. The molecule has 0 saturated heterocycles. The Morgan fingerprint density at radius 2 is 1.53 bits per heavy atom. The molecule has 0 aliphatic heterocycles. The standard InChI is InChI=1S/C16H17FOS/c1-19-15-8-4-13(5-9-15)16(10-11-18)12-2-6-14(17)7-3-12/h2-9,16,18H,10-11H2,1H3/t16-/m0/s1. The molecule has 100 valence electrons. The zero-order chi connectivity index (χ0) is 13.7. The van der Waals surface area contributed by atoms with Gasteiger partial charge in [-0.05, 0) is 48.1 Å². The summed E-state index contributed by atoms with van der Waals surface area (Å²) in [4.78, 5) is 1.21. The van der Waals surface area contributed by atoms with E-state index in [1.165, 1.54) is 17.0 Å². The Hall–Kier alpha value is -1.32. The molecule has 2 rings (SSSR count). The van der Waals surface area contributed by atoms with E-state index < -0.39 is 0 Å². The van der Waals surface area contributed by atoms with Crippen molar-refractivity contribution in [3.8, 4) is 0 Å². The van der Waals surface area contributed by atoms with Crippen LogP contribution < -0.4 is 0 Å². The summed E-state index contributed by atoms with van der Waals surface area (Å²) in [7, 11) is 0. The Morgan fingerprint density at radius 1 is 1.00 bits per heavy atom. The minimum absolute atomic E-state index is 0.113. The lowest BCUT2D eigenvalue weighted by atomic mass is 9.89. The molecule has 2 aromatic rings. The van der Waals surface area contributed by atoms with Crippen molar-refractivity contribution in [2.24, 2.45) is 0 Å². The molecule has 0 saturated carbocycles. The molecule has 0 spiro atoms. The van der Waals surface area contributed by atoms with Crippen molar-refractivity contribution >= 4 is 11.8 Å². The zero-order valence-corrected chi connectivity index (χ0v) is 11.7. The molecule has 0 unspecified atom stereocenters. The molecule has 0 amide bonds. The summed E-state index contributed by atoms with van der Waals surface area (Å²) in [6.45, 7) is 0.117. The van der Waals surface area contributed by atoms with Crippen LogP contribution in [0.3, 0.4) is 0 Å². The third kappa shape index (κ3) is 3.58. The van der Waals surface area contributed by atoms with Gasteiger partial charge in [0.2, 0.25) is 0 Å². The molecule has 2 aromatic carbocycles. The minimum atomic E-state index is -0.232. The molecule has 1 N–H and O–H groups in total. The number of thioether (sulfide) groups is 1. The number of aliphatic hydroxyl groups is 1. The summed E-state index contributed by atoms with van der Waals surface area (Å²) in [5.41, 5.74) is 2.19. The van der Waals surface area contributed by atoms with Crippen LogP contribution in [0.2, 0.25) is 0 Å². The van der Waals surface area contributed by atoms with Crippen molar-refractivity contribution in [3.63, 3.8) is 0 Å². The van der Waals surface area contributed by atoms with Crippen LogP contribution in [-0.4, -0.2) is 18.0 Å². The predicted octanol–water partition coefficient (Wildman–Crippen LogP) is 4.06. The molecule has 0 bridgehead atoms. The molecule has 3 heteroatoms. The molecule has 0 fully saturated rings. The second-order valence-electron chi connectivity index (χ2n) is 4.39. The summed E-state index contributed by atoms with van der Waals surface area (Å²) in [5.74, 6) is -0.120. The predicted molar refractivity (Wildman–Crippen MR) is 78.2 cm³/mol. The van der Waals surface area contributed by atoms with Crippen LogP contribution in [0, 0.1) is 5.82 Å². The van der Waals surface area contributed by atoms with E-state index in [0.717, 1.165) is 11.1 Å². The maximum atomic E-state index is 13.0. The Morgan fingerprint density at radius 3 is 2.00 bits per heavy atom. The minimum Gasteiger partial charge on any atom is -0.396 e. The van der Waals surface area contributed by atoms with E-state index >= 15 is 0 Å². The maximum absolute atomic E-state index is 13.0. The topological polar surface area (TPSA) is 20.2 Å². The van der Waals surface area contributed by atoms with Gasteiger partial charge in [0, 0.05) is 17.4 Å². The van der Waals surface area contributed by atoms with Crippen LogP contribution in [0.15, 0.2) is 53.4 Å². The van der Waals surface area contributed by atoms with Gasteiger partial charge in [0.15, 0.2) is 0 Å². The highest BCUT2D eigenvalue weighted by molar-refractivity contribution is 7.98. The second kappa shape index (κ2) is 6.73. The van der Waals surface area contributed by atoms with Gasteiger partial charge in [-0.25, -0.2) is 4.39 Å². The van der Waals surface area contributed by atoms with Gasteiger partial charge < -0.3 is 5.11 Å². The molecule has 1 atom stereocenters. The highest BCUT2D eigenvalue weighted by Gasteiger charge is 2.13. The van der Waals surface area contributed by atoms with Gasteiger partial charge in [0.1, 0.15) is 5.82 Å². The van der Waals surface area contributed by atoms with Gasteiger partial charge in [0.05, 0.1) is 0 Å². The fraction of sp³-hybridized carbons (Fsp3) is 0.250. The first-order chi connectivity index (χ1) is 9.24. The van der Waals surface area contributed by atoms with Gasteiger partial charge in [0.25, 0.3) is 0 Å². The van der Waals surface area contributed by atoms with Crippen LogP contribution in [0.5, 0.6) is 0 Å². The van der Waals surface area contributed by atoms with Crippen molar-refractivity contribution < 1.29 is 9.50 Å². The van der Waals surface area contributed by atoms with Crippen molar-refractivity contribution in [3.05, 3.63) is 65.5 Å². The normalized spacial score (nSPS) is 12.4. The van der Waals surface area contributed by atoms with Crippen molar-refractivity contribution in [1.29, 1.82) is 0 Å². The Labute approximate surface area is 117 Å². The highest BCUT2D eigenvalue weighted by atomic mass is 32.2. The summed E-state index contributed by atoms with van der Waals surface area (Å²) in [6, 6.07) is 14.8. The lowest BCUT2D eigenvalue weighted by molar-refractivity contribution is 0.281. The summed E-state index contributed by atoms with van der Waals surface area (Å²) in [6.07, 6.45) is 2.68. The molecule has 0 aromatic heterocycles. The number of rotatable bonds is 5. The monoisotopic (exact) mass is 276 g/mol. The van der Waals surface area contributed by atoms with Gasteiger partial charge >= 0.3 is 0 Å². The quantitative estimate of drug-likeness (QED) is 0.831. The van der Waals surface area contributed by atoms with E-state index in [1.54, 1.807) is 23.9 Å². The average molecular weight is 276 g/mol. The highest BCUT2D eigenvalue weighted by Crippen LogP contribution is 2.29. The number of aliphatic hydroxyl groups excluding tert-OH is 1. The van der Waals surface area contributed by atoms with Crippen LogP contribution >= 0.6 is 11.8 Å². The van der Waals surface area contributed by atoms with E-state index in [-0.39, 0.29) is 18.3 Å². The third-order valence-corrected chi connectivity index (χ3v) is 3.95. The van der Waals surface area contributed by atoms with Crippen molar-refractivity contribution in [2.45, 2.75) is 17.2 Å². The number of hydrogen-bond acceptors (Lipinski definition) is 2. The van der Waals surface area contributed by atoms with Crippen LogP contribution in [0.4, 0.5) is 4.39 Å². The van der Waals surface area contributed by atoms with E-state index in [9.17, 15) is 9.50 Å². The van der Waals surface area contributed by atoms with Crippen LogP contribution in [0.25, 0.3) is 0 Å². The largest absolute Gasteiger partial charge is 0.396 e. The van der Waals surface area contributed by atoms with Crippen LogP contribution in [0.1, 0.15) is 23.5 Å². The summed E-state index contributed by atoms with van der Waals surface area (Å²) >= 11 is 1.70. The number of benzene rings is 2. The van der Waals surface area contributed by atoms with Crippen molar-refractivity contribution in [1.82, 2.24) is 0 Å². The second-order valence-corrected chi connectivity index (χ2v) is 5.27. The molecule has 0 aliphatic rings. The van der Waals surface area contributed by atoms with Gasteiger partial charge in [-0.15, -0.1) is 11.8 Å². The zero-order valence-electron chi connectivity index (χ0n) is 10.8. The first-order valence-electron chi connectivity index (χ1n) is 6.25. The molecular weight excluding hydrogens is 259 g/mol. The molecule has 0 heterocycles. The smallest absolute Gasteiger partial charge is 0.123 e. The third-order valence-electron chi connectivity index (χ3n) is 3.21.